The Morgan fingerprint density at radius 3 is 2.73 bits per heavy atom. The van der Waals surface area contributed by atoms with E-state index in [1.165, 1.54) is 16.7 Å². The van der Waals surface area contributed by atoms with E-state index in [0.29, 0.717) is 24.4 Å². The number of carbonyl (C=O) groups is 3. The van der Waals surface area contributed by atoms with E-state index in [2.05, 4.69) is 0 Å². The molecule has 2 unspecified atom stereocenters. The normalized spacial score (nSPS) is 20.8. The molecule has 2 aliphatic rings. The lowest BCUT2D eigenvalue weighted by molar-refractivity contribution is -0.159. The fraction of sp³-hybridized carbons (Fsp3) is 0.550. The van der Waals surface area contributed by atoms with Crippen molar-refractivity contribution in [2.24, 2.45) is 0 Å². The smallest absolute Gasteiger partial charge is 0.308 e. The summed E-state index contributed by atoms with van der Waals surface area (Å²) in [6.07, 6.45) is -0.726. The van der Waals surface area contributed by atoms with Gasteiger partial charge in [-0.2, -0.15) is 0 Å². The van der Waals surface area contributed by atoms with Crippen LogP contribution in [0.4, 0.5) is 5.69 Å². The first-order valence-electron chi connectivity index (χ1n) is 9.94. The average Bonchev–Trinajstić information content (AvgIpc) is 3.07. The number of sulfone groups is 1. The fourth-order valence-electron chi connectivity index (χ4n) is 3.76. The van der Waals surface area contributed by atoms with E-state index in [-0.39, 0.29) is 37.0 Å². The van der Waals surface area contributed by atoms with E-state index in [9.17, 15) is 22.8 Å². The van der Waals surface area contributed by atoms with Gasteiger partial charge in [-0.05, 0) is 32.4 Å². The quantitative estimate of drug-likeness (QED) is 0.578. The molecule has 2 heterocycles. The molecule has 0 aromatic heterocycles. The third-order valence-electron chi connectivity index (χ3n) is 5.28. The Balaban J connectivity index is 1.55. The van der Waals surface area contributed by atoms with Crippen molar-refractivity contribution in [2.45, 2.75) is 38.8 Å². The van der Waals surface area contributed by atoms with E-state index in [4.69, 9.17) is 9.47 Å². The van der Waals surface area contributed by atoms with Gasteiger partial charge in [0.2, 0.25) is 0 Å². The van der Waals surface area contributed by atoms with Crippen molar-refractivity contribution in [3.05, 3.63) is 24.3 Å². The molecule has 9 nitrogen and oxygen atoms in total. The van der Waals surface area contributed by atoms with E-state index >= 15 is 0 Å². The molecule has 2 aliphatic heterocycles. The van der Waals surface area contributed by atoms with Gasteiger partial charge in [-0.15, -0.1) is 0 Å². The van der Waals surface area contributed by atoms with Gasteiger partial charge in [-0.25, -0.2) is 8.42 Å². The standard InChI is InChI=1S/C20H26N2O7S/c1-3-21(15-9-11-30(26,27)13-15)20(25)14(2)29-19(24)8-10-22-16-6-4-5-7-17(16)28-12-18(22)23/h4-7,14-15H,3,8-13H2,1-2H3. The second-order valence-corrected chi connectivity index (χ2v) is 9.59. The zero-order valence-corrected chi connectivity index (χ0v) is 17.9. The number of hydrogen-bond acceptors (Lipinski definition) is 7. The molecule has 0 bridgehead atoms. The van der Waals surface area contributed by atoms with Crippen LogP contribution in [-0.2, 0) is 29.0 Å². The zero-order chi connectivity index (χ0) is 21.9. The minimum absolute atomic E-state index is 0.0602. The number of esters is 1. The predicted molar refractivity (Wildman–Crippen MR) is 109 cm³/mol. The first-order valence-corrected chi connectivity index (χ1v) is 11.8. The van der Waals surface area contributed by atoms with E-state index in [1.807, 2.05) is 0 Å². The van der Waals surface area contributed by atoms with Gasteiger partial charge in [0.05, 0.1) is 23.6 Å². The molecular formula is C20H26N2O7S. The second-order valence-electron chi connectivity index (χ2n) is 7.36. The second kappa shape index (κ2) is 9.03. The largest absolute Gasteiger partial charge is 0.482 e. The number of ether oxygens (including phenoxy) is 2. The number of carbonyl (C=O) groups excluding carboxylic acids is 3. The van der Waals surface area contributed by atoms with Gasteiger partial charge in [-0.3, -0.25) is 14.4 Å². The monoisotopic (exact) mass is 438 g/mol. The number of fused-ring (bicyclic) bond motifs is 1. The lowest BCUT2D eigenvalue weighted by atomic mass is 10.2. The number of benzene rings is 1. The van der Waals surface area contributed by atoms with Gasteiger partial charge in [0, 0.05) is 19.1 Å². The Kier molecular flexibility index (Phi) is 6.64. The van der Waals surface area contributed by atoms with Gasteiger partial charge in [-0.1, -0.05) is 12.1 Å². The van der Waals surface area contributed by atoms with Crippen LogP contribution in [-0.4, -0.2) is 74.4 Å². The first-order chi connectivity index (χ1) is 14.2. The molecule has 0 saturated carbocycles. The van der Waals surface area contributed by atoms with Crippen LogP contribution in [0.15, 0.2) is 24.3 Å². The summed E-state index contributed by atoms with van der Waals surface area (Å²) in [6, 6.07) is 6.66. The molecule has 1 aromatic rings. The molecule has 1 aromatic carbocycles. The van der Waals surface area contributed by atoms with Crippen molar-refractivity contribution in [1.29, 1.82) is 0 Å². The minimum Gasteiger partial charge on any atom is -0.482 e. The van der Waals surface area contributed by atoms with Gasteiger partial charge < -0.3 is 19.3 Å². The summed E-state index contributed by atoms with van der Waals surface area (Å²) in [5.41, 5.74) is 0.588. The fourth-order valence-corrected chi connectivity index (χ4v) is 5.49. The number of amides is 2. The first kappa shape index (κ1) is 22.1. The number of nitrogens with zero attached hydrogens (tertiary/aromatic N) is 2. The Morgan fingerprint density at radius 1 is 1.33 bits per heavy atom. The average molecular weight is 439 g/mol. The van der Waals surface area contributed by atoms with Crippen LogP contribution in [0.1, 0.15) is 26.7 Å². The highest BCUT2D eigenvalue weighted by atomic mass is 32.2. The van der Waals surface area contributed by atoms with Gasteiger partial charge in [0.15, 0.2) is 22.5 Å². The van der Waals surface area contributed by atoms with E-state index in [0.717, 1.165) is 0 Å². The van der Waals surface area contributed by atoms with Crippen LogP contribution in [0.2, 0.25) is 0 Å². The molecule has 3 rings (SSSR count). The van der Waals surface area contributed by atoms with Gasteiger partial charge in [0.25, 0.3) is 11.8 Å². The maximum absolute atomic E-state index is 12.7. The topological polar surface area (TPSA) is 110 Å². The summed E-state index contributed by atoms with van der Waals surface area (Å²) in [7, 11) is -3.13. The molecular weight excluding hydrogens is 412 g/mol. The Bertz CT molecular complexity index is 931. The molecule has 10 heteroatoms. The number of hydrogen-bond donors (Lipinski definition) is 0. The van der Waals surface area contributed by atoms with Crippen molar-refractivity contribution >= 4 is 33.3 Å². The molecule has 0 N–H and O–H groups in total. The summed E-state index contributed by atoms with van der Waals surface area (Å²) in [4.78, 5) is 40.1. The molecule has 0 spiro atoms. The minimum atomic E-state index is -3.13. The molecule has 1 saturated heterocycles. The van der Waals surface area contributed by atoms with Crippen LogP contribution in [0, 0.1) is 0 Å². The summed E-state index contributed by atoms with van der Waals surface area (Å²) in [5.74, 6) is -0.719. The van der Waals surface area contributed by atoms with Crippen molar-refractivity contribution in [3.8, 4) is 5.75 Å². The Labute approximate surface area is 175 Å². The number of rotatable bonds is 7. The molecule has 0 radical (unpaired) electrons. The summed E-state index contributed by atoms with van der Waals surface area (Å²) < 4.78 is 34.1. The van der Waals surface area contributed by atoms with Crippen molar-refractivity contribution in [3.63, 3.8) is 0 Å². The van der Waals surface area contributed by atoms with Crippen LogP contribution >= 0.6 is 0 Å². The summed E-state index contributed by atoms with van der Waals surface area (Å²) in [5, 5.41) is 0. The number of anilines is 1. The third kappa shape index (κ3) is 4.92. The SMILES string of the molecule is CCN(C(=O)C(C)OC(=O)CCN1C(=O)COc2ccccc21)C1CCS(=O)(=O)C1. The van der Waals surface area contributed by atoms with Crippen LogP contribution in [0.25, 0.3) is 0 Å². The number of para-hydroxylation sites is 2. The molecule has 2 amide bonds. The van der Waals surface area contributed by atoms with E-state index in [1.54, 1.807) is 31.2 Å². The highest BCUT2D eigenvalue weighted by Crippen LogP contribution is 2.31. The summed E-state index contributed by atoms with van der Waals surface area (Å²) in [6.45, 7) is 3.58. The van der Waals surface area contributed by atoms with Crippen LogP contribution < -0.4 is 9.64 Å². The Morgan fingerprint density at radius 2 is 2.07 bits per heavy atom. The molecule has 30 heavy (non-hydrogen) atoms. The van der Waals surface area contributed by atoms with Crippen molar-refractivity contribution in [1.82, 2.24) is 4.90 Å². The summed E-state index contributed by atoms with van der Waals surface area (Å²) >= 11 is 0. The van der Waals surface area contributed by atoms with E-state index < -0.39 is 33.9 Å². The Hall–Kier alpha value is -2.62. The predicted octanol–water partition coefficient (Wildman–Crippen LogP) is 0.769. The molecule has 164 valence electrons. The van der Waals surface area contributed by atoms with Crippen LogP contribution in [0.5, 0.6) is 5.75 Å². The maximum Gasteiger partial charge on any atom is 0.308 e. The van der Waals surface area contributed by atoms with Gasteiger partial charge in [0.1, 0.15) is 5.75 Å². The lowest BCUT2D eigenvalue weighted by Crippen LogP contribution is -2.46. The maximum atomic E-state index is 12.7. The third-order valence-corrected chi connectivity index (χ3v) is 7.03. The lowest BCUT2D eigenvalue weighted by Gasteiger charge is -2.30. The van der Waals surface area contributed by atoms with Crippen molar-refractivity contribution in [2.75, 3.05) is 36.1 Å². The number of likely N-dealkylation sites (N-methyl/N-ethyl adjacent to an activating group) is 1. The molecule has 0 aliphatic carbocycles. The molecule has 1 fully saturated rings. The highest BCUT2D eigenvalue weighted by Gasteiger charge is 2.36. The zero-order valence-electron chi connectivity index (χ0n) is 17.1. The van der Waals surface area contributed by atoms with Crippen LogP contribution in [0.3, 0.4) is 0 Å². The highest BCUT2D eigenvalue weighted by molar-refractivity contribution is 7.91. The van der Waals surface area contributed by atoms with Gasteiger partial charge >= 0.3 is 5.97 Å². The molecule has 2 atom stereocenters. The van der Waals surface area contributed by atoms with Crippen molar-refractivity contribution < 1.29 is 32.3 Å².